The number of halogens is 1. The first-order valence-electron chi connectivity index (χ1n) is 4.86. The molecular weight excluding hydrogens is 291 g/mol. The second kappa shape index (κ2) is 4.49. The lowest BCUT2D eigenvalue weighted by molar-refractivity contribution is 0.0603. The Hall–Kier alpha value is -0.290. The third-order valence-corrected chi connectivity index (χ3v) is 3.17. The van der Waals surface area contributed by atoms with Crippen LogP contribution in [-0.4, -0.2) is 17.3 Å². The molecule has 14 heavy (non-hydrogen) atoms. The molecule has 0 spiro atoms. The summed E-state index contributed by atoms with van der Waals surface area (Å²) in [5.41, 5.74) is 0. The van der Waals surface area contributed by atoms with Crippen LogP contribution >= 0.6 is 22.6 Å². The quantitative estimate of drug-likeness (QED) is 0.851. The number of aliphatic hydroxyl groups excluding tert-OH is 1. The average molecular weight is 304 g/mol. The number of ether oxygens (including phenoxy) is 1. The topological polar surface area (TPSA) is 29.5 Å². The van der Waals surface area contributed by atoms with Gasteiger partial charge in [-0.15, -0.1) is 0 Å². The van der Waals surface area contributed by atoms with Crippen molar-refractivity contribution in [2.75, 3.05) is 0 Å². The normalized spacial score (nSPS) is 26.4. The average Bonchev–Trinajstić information content (AvgIpc) is 2.52. The number of hydrogen-bond donors (Lipinski definition) is 1. The van der Waals surface area contributed by atoms with Gasteiger partial charge in [0.05, 0.1) is 6.10 Å². The zero-order chi connectivity index (χ0) is 9.97. The van der Waals surface area contributed by atoms with Gasteiger partial charge in [0.15, 0.2) is 0 Å². The summed E-state index contributed by atoms with van der Waals surface area (Å²) in [6.45, 7) is 0. The molecular formula is C11H13IO2. The van der Waals surface area contributed by atoms with Gasteiger partial charge in [0.25, 0.3) is 0 Å². The van der Waals surface area contributed by atoms with E-state index in [0.29, 0.717) is 0 Å². The lowest BCUT2D eigenvalue weighted by Gasteiger charge is -2.16. The van der Waals surface area contributed by atoms with Crippen molar-refractivity contribution < 1.29 is 9.84 Å². The Labute approximate surface area is 97.4 Å². The predicted molar refractivity (Wildman–Crippen MR) is 63.4 cm³/mol. The molecule has 1 fully saturated rings. The van der Waals surface area contributed by atoms with Gasteiger partial charge in [-0.1, -0.05) is 6.07 Å². The molecule has 2 rings (SSSR count). The monoisotopic (exact) mass is 304 g/mol. The molecule has 0 unspecified atom stereocenters. The largest absolute Gasteiger partial charge is 0.488 e. The molecule has 0 aliphatic heterocycles. The maximum atomic E-state index is 9.59. The maximum absolute atomic E-state index is 9.59. The molecule has 0 amide bonds. The minimum atomic E-state index is -0.284. The molecule has 2 nitrogen and oxygen atoms in total. The van der Waals surface area contributed by atoms with Crippen molar-refractivity contribution in [3.8, 4) is 5.75 Å². The van der Waals surface area contributed by atoms with Gasteiger partial charge in [-0.3, -0.25) is 0 Å². The Morgan fingerprint density at radius 2 is 2.21 bits per heavy atom. The van der Waals surface area contributed by atoms with Gasteiger partial charge >= 0.3 is 0 Å². The third kappa shape index (κ3) is 2.39. The van der Waals surface area contributed by atoms with Gasteiger partial charge in [-0.05, 0) is 60.1 Å². The van der Waals surface area contributed by atoms with Crippen LogP contribution in [0.4, 0.5) is 0 Å². The fraction of sp³-hybridized carbons (Fsp3) is 0.455. The van der Waals surface area contributed by atoms with Crippen LogP contribution in [0.1, 0.15) is 19.3 Å². The highest BCUT2D eigenvalue weighted by Crippen LogP contribution is 2.25. The molecule has 2 atom stereocenters. The molecule has 1 aromatic carbocycles. The number of hydrogen-bond acceptors (Lipinski definition) is 2. The predicted octanol–water partition coefficient (Wildman–Crippen LogP) is 2.58. The molecule has 1 aliphatic carbocycles. The molecule has 1 saturated carbocycles. The summed E-state index contributed by atoms with van der Waals surface area (Å²) >= 11 is 2.25. The lowest BCUT2D eigenvalue weighted by Crippen LogP contribution is -2.25. The van der Waals surface area contributed by atoms with Gasteiger partial charge in [-0.25, -0.2) is 0 Å². The summed E-state index contributed by atoms with van der Waals surface area (Å²) in [6, 6.07) is 7.93. The van der Waals surface area contributed by atoms with E-state index in [0.717, 1.165) is 28.6 Å². The minimum Gasteiger partial charge on any atom is -0.488 e. The molecule has 0 aromatic heterocycles. The van der Waals surface area contributed by atoms with E-state index in [9.17, 15) is 5.11 Å². The molecule has 0 heterocycles. The molecule has 1 N–H and O–H groups in total. The van der Waals surface area contributed by atoms with Crippen LogP contribution in [0.2, 0.25) is 0 Å². The van der Waals surface area contributed by atoms with Crippen LogP contribution in [0, 0.1) is 3.57 Å². The molecule has 76 valence electrons. The Kier molecular flexibility index (Phi) is 3.28. The maximum Gasteiger partial charge on any atom is 0.124 e. The van der Waals surface area contributed by atoms with Crippen molar-refractivity contribution in [2.45, 2.75) is 31.5 Å². The molecule has 0 radical (unpaired) electrons. The van der Waals surface area contributed by atoms with Gasteiger partial charge in [-0.2, -0.15) is 0 Å². The fourth-order valence-electron chi connectivity index (χ4n) is 1.76. The van der Waals surface area contributed by atoms with Crippen molar-refractivity contribution in [2.24, 2.45) is 0 Å². The highest BCUT2D eigenvalue weighted by Gasteiger charge is 2.26. The van der Waals surface area contributed by atoms with Crippen LogP contribution in [0.5, 0.6) is 5.75 Å². The van der Waals surface area contributed by atoms with E-state index < -0.39 is 0 Å². The van der Waals surface area contributed by atoms with E-state index in [1.807, 2.05) is 24.3 Å². The van der Waals surface area contributed by atoms with Gasteiger partial charge in [0.2, 0.25) is 0 Å². The highest BCUT2D eigenvalue weighted by molar-refractivity contribution is 14.1. The van der Waals surface area contributed by atoms with Crippen LogP contribution in [0.25, 0.3) is 0 Å². The first kappa shape index (κ1) is 10.2. The SMILES string of the molecule is O[C@H]1CCC[C@@H]1Oc1cccc(I)c1. The lowest BCUT2D eigenvalue weighted by atomic mass is 10.2. The third-order valence-electron chi connectivity index (χ3n) is 2.50. The second-order valence-electron chi connectivity index (χ2n) is 3.61. The zero-order valence-corrected chi connectivity index (χ0v) is 9.98. The van der Waals surface area contributed by atoms with E-state index in [1.54, 1.807) is 0 Å². The Morgan fingerprint density at radius 3 is 2.86 bits per heavy atom. The second-order valence-corrected chi connectivity index (χ2v) is 4.86. The van der Waals surface area contributed by atoms with Crippen LogP contribution in [0.15, 0.2) is 24.3 Å². The van der Waals surface area contributed by atoms with Gasteiger partial charge in [0, 0.05) is 3.57 Å². The summed E-state index contributed by atoms with van der Waals surface area (Å²) in [4.78, 5) is 0. The van der Waals surface area contributed by atoms with Crippen LogP contribution in [-0.2, 0) is 0 Å². The van der Waals surface area contributed by atoms with E-state index in [4.69, 9.17) is 4.74 Å². The van der Waals surface area contributed by atoms with E-state index in [2.05, 4.69) is 22.6 Å². The number of aliphatic hydroxyl groups is 1. The molecule has 3 heteroatoms. The number of rotatable bonds is 2. The first-order chi connectivity index (χ1) is 6.75. The van der Waals surface area contributed by atoms with E-state index in [1.165, 1.54) is 0 Å². The number of benzene rings is 1. The van der Waals surface area contributed by atoms with E-state index in [-0.39, 0.29) is 12.2 Å². The smallest absolute Gasteiger partial charge is 0.124 e. The summed E-state index contributed by atoms with van der Waals surface area (Å²) in [5, 5.41) is 9.59. The Balaban J connectivity index is 2.03. The summed E-state index contributed by atoms with van der Waals surface area (Å²) in [6.07, 6.45) is 2.61. The standard InChI is InChI=1S/C11H13IO2/c12-8-3-1-4-9(7-8)14-11-6-2-5-10(11)13/h1,3-4,7,10-11,13H,2,5-6H2/t10-,11-/m0/s1. The Morgan fingerprint density at radius 1 is 1.36 bits per heavy atom. The Bertz CT molecular complexity index is 314. The molecule has 0 bridgehead atoms. The summed E-state index contributed by atoms with van der Waals surface area (Å²) < 4.78 is 6.87. The molecule has 1 aliphatic rings. The fourth-order valence-corrected chi connectivity index (χ4v) is 2.27. The first-order valence-corrected chi connectivity index (χ1v) is 5.94. The van der Waals surface area contributed by atoms with Crippen molar-refractivity contribution in [3.05, 3.63) is 27.8 Å². The highest BCUT2D eigenvalue weighted by atomic mass is 127. The van der Waals surface area contributed by atoms with Gasteiger partial charge in [0.1, 0.15) is 11.9 Å². The van der Waals surface area contributed by atoms with Crippen molar-refractivity contribution in [1.82, 2.24) is 0 Å². The van der Waals surface area contributed by atoms with Crippen molar-refractivity contribution in [1.29, 1.82) is 0 Å². The van der Waals surface area contributed by atoms with Crippen LogP contribution < -0.4 is 4.74 Å². The van der Waals surface area contributed by atoms with Gasteiger partial charge < -0.3 is 9.84 Å². The van der Waals surface area contributed by atoms with Crippen LogP contribution in [0.3, 0.4) is 0 Å². The summed E-state index contributed by atoms with van der Waals surface area (Å²) in [7, 11) is 0. The van der Waals surface area contributed by atoms with Crippen molar-refractivity contribution in [3.63, 3.8) is 0 Å². The van der Waals surface area contributed by atoms with Crippen molar-refractivity contribution >= 4 is 22.6 Å². The van der Waals surface area contributed by atoms with E-state index >= 15 is 0 Å². The zero-order valence-electron chi connectivity index (χ0n) is 7.82. The summed E-state index contributed by atoms with van der Waals surface area (Å²) in [5.74, 6) is 0.864. The molecule has 1 aromatic rings. The molecule has 0 saturated heterocycles. The minimum absolute atomic E-state index is 0.00630.